The van der Waals surface area contributed by atoms with E-state index in [1.165, 1.54) is 23.0 Å². The van der Waals surface area contributed by atoms with E-state index in [-0.39, 0.29) is 17.9 Å². The number of hydrogen-bond acceptors (Lipinski definition) is 3. The van der Waals surface area contributed by atoms with Crippen LogP contribution in [0.25, 0.3) is 0 Å². The van der Waals surface area contributed by atoms with Crippen molar-refractivity contribution in [2.45, 2.75) is 12.7 Å². The van der Waals surface area contributed by atoms with E-state index in [9.17, 15) is 18.0 Å². The summed E-state index contributed by atoms with van der Waals surface area (Å²) in [4.78, 5) is 11.9. The number of nitrogens with one attached hydrogen (secondary N) is 1. The van der Waals surface area contributed by atoms with E-state index in [0.717, 1.165) is 12.1 Å². The van der Waals surface area contributed by atoms with E-state index in [0.29, 0.717) is 5.56 Å². The highest BCUT2D eigenvalue weighted by Crippen LogP contribution is 2.29. The summed E-state index contributed by atoms with van der Waals surface area (Å²) in [5.74, 6) is -0.297. The molecule has 3 N–H and O–H groups in total. The van der Waals surface area contributed by atoms with Gasteiger partial charge < -0.3 is 11.1 Å². The van der Waals surface area contributed by atoms with Gasteiger partial charge in [-0.15, -0.1) is 0 Å². The van der Waals surface area contributed by atoms with Crippen LogP contribution in [0.15, 0.2) is 30.5 Å². The van der Waals surface area contributed by atoms with Gasteiger partial charge in [-0.3, -0.25) is 9.48 Å². The molecule has 21 heavy (non-hydrogen) atoms. The van der Waals surface area contributed by atoms with Crippen LogP contribution in [0.3, 0.4) is 0 Å². The lowest BCUT2D eigenvalue weighted by atomic mass is 10.1. The van der Waals surface area contributed by atoms with Gasteiger partial charge in [-0.2, -0.15) is 18.3 Å². The molecule has 0 bridgehead atoms. The first-order chi connectivity index (χ1) is 9.79. The average Bonchev–Trinajstić information content (AvgIpc) is 2.76. The van der Waals surface area contributed by atoms with Crippen LogP contribution in [0.5, 0.6) is 0 Å². The molecule has 0 spiro atoms. The number of nitrogens with zero attached hydrogens (tertiary/aromatic N) is 2. The Kier molecular flexibility index (Phi) is 3.88. The second kappa shape index (κ2) is 5.47. The number of nitrogens with two attached hydrogens (primary N) is 1. The summed E-state index contributed by atoms with van der Waals surface area (Å²) in [5.41, 5.74) is 5.42. The summed E-state index contributed by atoms with van der Waals surface area (Å²) in [6.07, 6.45) is -3.11. The molecule has 0 radical (unpaired) electrons. The number of halogens is 3. The predicted octanol–water partition coefficient (Wildman–Crippen LogP) is 1.95. The Morgan fingerprint density at radius 1 is 1.43 bits per heavy atom. The van der Waals surface area contributed by atoms with Gasteiger partial charge in [0.15, 0.2) is 0 Å². The monoisotopic (exact) mass is 298 g/mol. The number of hydrogen-bond donors (Lipinski definition) is 2. The van der Waals surface area contributed by atoms with Crippen molar-refractivity contribution in [3.8, 4) is 0 Å². The van der Waals surface area contributed by atoms with Crippen molar-refractivity contribution in [2.24, 2.45) is 7.05 Å². The standard InChI is InChI=1S/C13H13F3N4O/c1-20-11(17)10(7-19-20)12(21)18-6-8-3-2-4-9(5-8)13(14,15)16/h2-5,7H,6,17H2,1H3,(H,18,21). The first-order valence-electron chi connectivity index (χ1n) is 6.01. The van der Waals surface area contributed by atoms with Crippen molar-refractivity contribution in [1.82, 2.24) is 15.1 Å². The summed E-state index contributed by atoms with van der Waals surface area (Å²) in [6.45, 7) is -0.0307. The summed E-state index contributed by atoms with van der Waals surface area (Å²) < 4.78 is 39.0. The highest BCUT2D eigenvalue weighted by atomic mass is 19.4. The van der Waals surface area contributed by atoms with Crippen molar-refractivity contribution in [1.29, 1.82) is 0 Å². The number of nitrogen functional groups attached to an aromatic ring is 1. The minimum absolute atomic E-state index is 0.0307. The molecular formula is C13H13F3N4O. The molecule has 112 valence electrons. The number of anilines is 1. The molecule has 8 heteroatoms. The third-order valence-electron chi connectivity index (χ3n) is 2.94. The number of amides is 1. The van der Waals surface area contributed by atoms with Gasteiger partial charge in [0.05, 0.1) is 11.8 Å². The third kappa shape index (κ3) is 3.33. The number of alkyl halides is 3. The molecule has 1 aromatic heterocycles. The van der Waals surface area contributed by atoms with Crippen LogP contribution < -0.4 is 11.1 Å². The predicted molar refractivity (Wildman–Crippen MR) is 70.2 cm³/mol. The molecule has 2 aromatic rings. The molecule has 0 saturated heterocycles. The summed E-state index contributed by atoms with van der Waals surface area (Å²) >= 11 is 0. The SMILES string of the molecule is Cn1ncc(C(=O)NCc2cccc(C(F)(F)F)c2)c1N. The van der Waals surface area contributed by atoms with E-state index in [1.807, 2.05) is 0 Å². The number of aromatic nitrogens is 2. The molecule has 0 atom stereocenters. The Bertz CT molecular complexity index is 664. The van der Waals surface area contributed by atoms with Crippen LogP contribution in [0, 0.1) is 0 Å². The number of carbonyl (C=O) groups is 1. The van der Waals surface area contributed by atoms with E-state index in [1.54, 1.807) is 7.05 Å². The van der Waals surface area contributed by atoms with E-state index < -0.39 is 17.6 Å². The Hall–Kier alpha value is -2.51. The van der Waals surface area contributed by atoms with Crippen LogP contribution in [-0.2, 0) is 19.8 Å². The van der Waals surface area contributed by atoms with Gasteiger partial charge in [0.25, 0.3) is 5.91 Å². The Balaban J connectivity index is 2.07. The van der Waals surface area contributed by atoms with Gasteiger partial charge in [-0.1, -0.05) is 12.1 Å². The second-order valence-electron chi connectivity index (χ2n) is 4.45. The molecule has 0 saturated carbocycles. The van der Waals surface area contributed by atoms with Crippen molar-refractivity contribution < 1.29 is 18.0 Å². The van der Waals surface area contributed by atoms with Crippen LogP contribution >= 0.6 is 0 Å². The number of carbonyl (C=O) groups excluding carboxylic acids is 1. The van der Waals surface area contributed by atoms with Gasteiger partial charge in [0.1, 0.15) is 11.4 Å². The zero-order chi connectivity index (χ0) is 15.6. The first-order valence-corrected chi connectivity index (χ1v) is 6.01. The first kappa shape index (κ1) is 14.9. The van der Waals surface area contributed by atoms with Gasteiger partial charge in [-0.05, 0) is 17.7 Å². The van der Waals surface area contributed by atoms with Gasteiger partial charge in [0.2, 0.25) is 0 Å². The quantitative estimate of drug-likeness (QED) is 0.909. The number of aryl methyl sites for hydroxylation is 1. The normalized spacial score (nSPS) is 11.4. The Morgan fingerprint density at radius 3 is 2.71 bits per heavy atom. The minimum Gasteiger partial charge on any atom is -0.383 e. The fourth-order valence-electron chi connectivity index (χ4n) is 1.76. The van der Waals surface area contributed by atoms with Crippen LogP contribution in [-0.4, -0.2) is 15.7 Å². The zero-order valence-electron chi connectivity index (χ0n) is 11.1. The van der Waals surface area contributed by atoms with Gasteiger partial charge in [-0.25, -0.2) is 0 Å². The van der Waals surface area contributed by atoms with Gasteiger partial charge in [0, 0.05) is 13.6 Å². The van der Waals surface area contributed by atoms with Crippen molar-refractivity contribution in [3.63, 3.8) is 0 Å². The third-order valence-corrected chi connectivity index (χ3v) is 2.94. The van der Waals surface area contributed by atoms with Crippen molar-refractivity contribution >= 4 is 11.7 Å². The van der Waals surface area contributed by atoms with Crippen molar-refractivity contribution in [2.75, 3.05) is 5.73 Å². The maximum atomic E-state index is 12.6. The molecule has 1 amide bonds. The molecule has 0 fully saturated rings. The molecule has 1 aromatic carbocycles. The molecule has 5 nitrogen and oxygen atoms in total. The van der Waals surface area contributed by atoms with E-state index >= 15 is 0 Å². The average molecular weight is 298 g/mol. The number of benzene rings is 1. The van der Waals surface area contributed by atoms with E-state index in [2.05, 4.69) is 10.4 Å². The number of rotatable bonds is 3. The fraction of sp³-hybridized carbons (Fsp3) is 0.231. The summed E-state index contributed by atoms with van der Waals surface area (Å²) in [7, 11) is 1.58. The lowest BCUT2D eigenvalue weighted by molar-refractivity contribution is -0.137. The van der Waals surface area contributed by atoms with Crippen LogP contribution in [0.4, 0.5) is 19.0 Å². The summed E-state index contributed by atoms with van der Waals surface area (Å²) in [6, 6.07) is 4.77. The fourth-order valence-corrected chi connectivity index (χ4v) is 1.76. The highest BCUT2D eigenvalue weighted by Gasteiger charge is 2.30. The minimum atomic E-state index is -4.41. The second-order valence-corrected chi connectivity index (χ2v) is 4.45. The molecule has 0 aliphatic heterocycles. The molecule has 0 unspecified atom stereocenters. The largest absolute Gasteiger partial charge is 0.416 e. The van der Waals surface area contributed by atoms with E-state index in [4.69, 9.17) is 5.73 Å². The molecule has 2 rings (SSSR count). The topological polar surface area (TPSA) is 72.9 Å². The molecule has 0 aliphatic carbocycles. The molecule has 1 heterocycles. The highest BCUT2D eigenvalue weighted by molar-refractivity contribution is 5.98. The van der Waals surface area contributed by atoms with Crippen LogP contribution in [0.2, 0.25) is 0 Å². The maximum absolute atomic E-state index is 12.6. The van der Waals surface area contributed by atoms with Crippen molar-refractivity contribution in [3.05, 3.63) is 47.2 Å². The smallest absolute Gasteiger partial charge is 0.383 e. The maximum Gasteiger partial charge on any atom is 0.416 e. The summed E-state index contributed by atoms with van der Waals surface area (Å²) in [5, 5.41) is 6.33. The lowest BCUT2D eigenvalue weighted by Gasteiger charge is -2.09. The molecule has 0 aliphatic rings. The Labute approximate surface area is 118 Å². The van der Waals surface area contributed by atoms with Crippen LogP contribution in [0.1, 0.15) is 21.5 Å². The lowest BCUT2D eigenvalue weighted by Crippen LogP contribution is -2.23. The Morgan fingerprint density at radius 2 is 2.14 bits per heavy atom. The molecular weight excluding hydrogens is 285 g/mol. The van der Waals surface area contributed by atoms with Gasteiger partial charge >= 0.3 is 6.18 Å². The zero-order valence-corrected chi connectivity index (χ0v) is 11.1.